The summed E-state index contributed by atoms with van der Waals surface area (Å²) >= 11 is 5.77. The highest BCUT2D eigenvalue weighted by Gasteiger charge is 2.39. The lowest BCUT2D eigenvalue weighted by atomic mass is 10.1. The fourth-order valence-electron chi connectivity index (χ4n) is 3.67. The highest BCUT2D eigenvalue weighted by molar-refractivity contribution is 6.30. The Morgan fingerprint density at radius 1 is 0.861 bits per heavy atom. The van der Waals surface area contributed by atoms with Gasteiger partial charge in [-0.15, -0.1) is 0 Å². The molecular weight excluding hydrogens is 486 g/mol. The molecule has 4 amide bonds. The molecule has 1 atom stereocenters. The van der Waals surface area contributed by atoms with Crippen LogP contribution in [0.25, 0.3) is 0 Å². The molecule has 2 N–H and O–H groups in total. The van der Waals surface area contributed by atoms with E-state index in [0.717, 1.165) is 10.5 Å². The Morgan fingerprint density at radius 2 is 1.50 bits per heavy atom. The van der Waals surface area contributed by atoms with Crippen molar-refractivity contribution >= 4 is 41.2 Å². The number of hydrazine groups is 1. The molecule has 3 aromatic rings. The molecule has 4 rings (SSSR count). The number of hydrogen-bond donors (Lipinski definition) is 2. The minimum Gasteiger partial charge on any atom is -0.452 e. The second-order valence-corrected chi connectivity index (χ2v) is 8.35. The predicted octanol–water partition coefficient (Wildman–Crippen LogP) is 3.32. The number of amides is 4. The molecule has 182 valence electrons. The van der Waals surface area contributed by atoms with Crippen LogP contribution in [0, 0.1) is 0 Å². The molecule has 9 nitrogen and oxygen atoms in total. The van der Waals surface area contributed by atoms with E-state index in [-0.39, 0.29) is 22.3 Å². The third-order valence-electron chi connectivity index (χ3n) is 5.58. The number of halogens is 1. The van der Waals surface area contributed by atoms with Crippen LogP contribution in [0.5, 0.6) is 0 Å². The van der Waals surface area contributed by atoms with Crippen LogP contribution in [-0.2, 0) is 9.53 Å². The van der Waals surface area contributed by atoms with E-state index in [2.05, 4.69) is 10.9 Å². The predicted molar refractivity (Wildman–Crippen MR) is 129 cm³/mol. The van der Waals surface area contributed by atoms with E-state index >= 15 is 0 Å². The summed E-state index contributed by atoms with van der Waals surface area (Å²) in [5, 5.41) is 0.457. The maximum absolute atomic E-state index is 13.0. The van der Waals surface area contributed by atoms with Crippen molar-refractivity contribution in [2.24, 2.45) is 0 Å². The first-order valence-corrected chi connectivity index (χ1v) is 11.2. The van der Waals surface area contributed by atoms with Crippen molar-refractivity contribution in [1.82, 2.24) is 15.8 Å². The van der Waals surface area contributed by atoms with E-state index in [1.54, 1.807) is 6.92 Å². The van der Waals surface area contributed by atoms with Crippen LogP contribution in [0.2, 0.25) is 5.02 Å². The zero-order valence-corrected chi connectivity index (χ0v) is 19.7. The Bertz CT molecular complexity index is 1360. The lowest BCUT2D eigenvalue weighted by Gasteiger charge is -2.22. The van der Waals surface area contributed by atoms with Crippen molar-refractivity contribution < 1.29 is 28.7 Å². The van der Waals surface area contributed by atoms with Crippen molar-refractivity contribution in [3.63, 3.8) is 0 Å². The molecule has 0 aromatic heterocycles. The summed E-state index contributed by atoms with van der Waals surface area (Å²) in [6.45, 7) is 1.07. The number of nitrogens with zero attached hydrogens (tertiary/aromatic N) is 1. The van der Waals surface area contributed by atoms with Gasteiger partial charge in [0.1, 0.15) is 0 Å². The monoisotopic (exact) mass is 505 g/mol. The largest absolute Gasteiger partial charge is 0.452 e. The number of carbonyl (C=O) groups is 5. The second kappa shape index (κ2) is 10.4. The average molecular weight is 506 g/mol. The number of benzene rings is 3. The number of imide groups is 1. The van der Waals surface area contributed by atoms with E-state index in [9.17, 15) is 24.0 Å². The number of rotatable bonds is 6. The summed E-state index contributed by atoms with van der Waals surface area (Å²) in [4.78, 5) is 63.4. The van der Waals surface area contributed by atoms with Gasteiger partial charge in [0.05, 0.1) is 22.7 Å². The molecule has 3 aromatic carbocycles. The van der Waals surface area contributed by atoms with Gasteiger partial charge in [0.15, 0.2) is 6.61 Å². The molecular formula is C26H20ClN3O6. The van der Waals surface area contributed by atoms with Gasteiger partial charge in [-0.1, -0.05) is 41.9 Å². The van der Waals surface area contributed by atoms with Crippen molar-refractivity contribution in [3.8, 4) is 0 Å². The Morgan fingerprint density at radius 3 is 2.19 bits per heavy atom. The fraction of sp³-hybridized carbons (Fsp3) is 0.115. The highest BCUT2D eigenvalue weighted by atomic mass is 35.5. The van der Waals surface area contributed by atoms with Gasteiger partial charge in [-0.3, -0.25) is 34.9 Å². The smallest absolute Gasteiger partial charge is 0.338 e. The zero-order chi connectivity index (χ0) is 25.8. The molecule has 0 radical (unpaired) electrons. The normalized spacial score (nSPS) is 13.1. The van der Waals surface area contributed by atoms with E-state index in [4.69, 9.17) is 16.3 Å². The van der Waals surface area contributed by atoms with Gasteiger partial charge in [0.2, 0.25) is 0 Å². The fourth-order valence-corrected chi connectivity index (χ4v) is 3.80. The van der Waals surface area contributed by atoms with Crippen LogP contribution in [0.15, 0.2) is 72.8 Å². The lowest BCUT2D eigenvalue weighted by Crippen LogP contribution is -2.43. The first kappa shape index (κ1) is 24.6. The number of fused-ring (bicyclic) bond motifs is 1. The molecule has 10 heteroatoms. The van der Waals surface area contributed by atoms with Gasteiger partial charge >= 0.3 is 5.97 Å². The van der Waals surface area contributed by atoms with E-state index in [1.165, 1.54) is 42.5 Å². The van der Waals surface area contributed by atoms with Crippen LogP contribution in [0.4, 0.5) is 0 Å². The molecule has 0 bridgehead atoms. The summed E-state index contributed by atoms with van der Waals surface area (Å²) < 4.78 is 4.98. The SMILES string of the molecule is C[C@H](c1ccccc1)N1C(=O)c2ccc(C(=O)OCC(=O)NNC(=O)c3ccc(Cl)cc3)cc2C1=O. The summed E-state index contributed by atoms with van der Waals surface area (Å²) in [5.74, 6) is -3.21. The standard InChI is InChI=1S/C26H20ClN3O6/c1-15(16-5-3-2-4-6-16)30-24(33)20-12-9-18(13-21(20)25(30)34)26(35)36-14-22(31)28-29-23(32)17-7-10-19(27)11-8-17/h2-13,15H,14H2,1H3,(H,28,31)(H,29,32)/t15-/m1/s1. The molecule has 0 saturated heterocycles. The molecule has 1 aliphatic rings. The third kappa shape index (κ3) is 5.11. The van der Waals surface area contributed by atoms with Gasteiger partial charge in [-0.05, 0) is 55.0 Å². The molecule has 0 spiro atoms. The lowest BCUT2D eigenvalue weighted by molar-refractivity contribution is -0.125. The summed E-state index contributed by atoms with van der Waals surface area (Å²) in [6.07, 6.45) is 0. The van der Waals surface area contributed by atoms with Crippen LogP contribution in [0.3, 0.4) is 0 Å². The van der Waals surface area contributed by atoms with Crippen LogP contribution < -0.4 is 10.9 Å². The highest BCUT2D eigenvalue weighted by Crippen LogP contribution is 2.31. The van der Waals surface area contributed by atoms with E-state index in [0.29, 0.717) is 5.02 Å². The first-order valence-electron chi connectivity index (χ1n) is 10.8. The molecule has 36 heavy (non-hydrogen) atoms. The Balaban J connectivity index is 1.35. The number of ether oxygens (including phenoxy) is 1. The second-order valence-electron chi connectivity index (χ2n) is 7.91. The number of nitrogens with one attached hydrogen (secondary N) is 2. The van der Waals surface area contributed by atoms with Gasteiger partial charge < -0.3 is 4.74 Å². The van der Waals surface area contributed by atoms with Crippen molar-refractivity contribution in [3.05, 3.63) is 106 Å². The minimum absolute atomic E-state index is 0.00196. The maximum Gasteiger partial charge on any atom is 0.338 e. The van der Waals surface area contributed by atoms with Crippen LogP contribution >= 0.6 is 11.6 Å². The molecule has 0 fully saturated rings. The summed E-state index contributed by atoms with van der Waals surface area (Å²) in [6, 6.07) is 18.6. The van der Waals surface area contributed by atoms with Crippen molar-refractivity contribution in [1.29, 1.82) is 0 Å². The summed E-state index contributed by atoms with van der Waals surface area (Å²) in [7, 11) is 0. The van der Waals surface area contributed by atoms with Crippen LogP contribution in [0.1, 0.15) is 60.0 Å². The Hall–Kier alpha value is -4.50. The van der Waals surface area contributed by atoms with Gasteiger partial charge in [-0.25, -0.2) is 4.79 Å². The first-order chi connectivity index (χ1) is 17.3. The topological polar surface area (TPSA) is 122 Å². The summed E-state index contributed by atoms with van der Waals surface area (Å²) in [5.41, 5.74) is 5.66. The molecule has 1 heterocycles. The van der Waals surface area contributed by atoms with Gasteiger partial charge in [0, 0.05) is 10.6 Å². The molecule has 0 unspecified atom stereocenters. The Kier molecular flexibility index (Phi) is 7.12. The van der Waals surface area contributed by atoms with Crippen molar-refractivity contribution in [2.45, 2.75) is 13.0 Å². The minimum atomic E-state index is -0.869. The molecule has 1 aliphatic heterocycles. The van der Waals surface area contributed by atoms with Gasteiger partial charge in [-0.2, -0.15) is 0 Å². The third-order valence-corrected chi connectivity index (χ3v) is 5.83. The number of hydrogen-bond acceptors (Lipinski definition) is 6. The van der Waals surface area contributed by atoms with Crippen molar-refractivity contribution in [2.75, 3.05) is 6.61 Å². The Labute approximate surface area is 211 Å². The van der Waals surface area contributed by atoms with E-state index < -0.39 is 42.2 Å². The quantitative estimate of drug-likeness (QED) is 0.301. The van der Waals surface area contributed by atoms with Crippen LogP contribution in [-0.4, -0.2) is 41.1 Å². The van der Waals surface area contributed by atoms with E-state index in [1.807, 2.05) is 30.3 Å². The number of carbonyl (C=O) groups excluding carboxylic acids is 5. The van der Waals surface area contributed by atoms with Gasteiger partial charge in [0.25, 0.3) is 23.6 Å². The average Bonchev–Trinajstić information content (AvgIpc) is 3.15. The molecule has 0 saturated carbocycles. The number of esters is 1. The maximum atomic E-state index is 13.0. The zero-order valence-electron chi connectivity index (χ0n) is 19.0. The molecule has 0 aliphatic carbocycles.